The fraction of sp³-hybridized carbons (Fsp3) is 0.200. The molecule has 0 aliphatic rings. The Hall–Kier alpha value is -2.23. The maximum Gasteiger partial charge on any atom is 0.146 e. The predicted molar refractivity (Wildman–Crippen MR) is 76.3 cm³/mol. The maximum absolute atomic E-state index is 13.6. The van der Waals surface area contributed by atoms with E-state index in [0.717, 1.165) is 6.42 Å². The first-order valence-corrected chi connectivity index (χ1v) is 6.24. The molecule has 0 aromatic heterocycles. The van der Waals surface area contributed by atoms with E-state index in [1.165, 1.54) is 6.07 Å². The lowest BCUT2D eigenvalue weighted by Crippen LogP contribution is -1.99. The summed E-state index contributed by atoms with van der Waals surface area (Å²) in [5, 5.41) is 2.99. The van der Waals surface area contributed by atoms with Crippen LogP contribution >= 0.6 is 0 Å². The van der Waals surface area contributed by atoms with Crippen LogP contribution in [0.5, 0.6) is 5.75 Å². The largest absolute Gasteiger partial charge is 0.493 e. The van der Waals surface area contributed by atoms with Crippen LogP contribution in [-0.2, 0) is 0 Å². The molecule has 0 spiro atoms. The minimum atomic E-state index is -0.305. The molecule has 2 aromatic carbocycles. The highest BCUT2D eigenvalue weighted by Gasteiger charge is 2.04. The minimum Gasteiger partial charge on any atom is -0.493 e. The average Bonchev–Trinajstić information content (AvgIpc) is 2.38. The molecule has 0 fully saturated rings. The highest BCUT2D eigenvalue weighted by molar-refractivity contribution is 5.66. The third-order valence-corrected chi connectivity index (χ3v) is 2.55. The molecule has 0 atom stereocenters. The third kappa shape index (κ3) is 3.61. The smallest absolute Gasteiger partial charge is 0.146 e. The fourth-order valence-corrected chi connectivity index (χ4v) is 1.72. The van der Waals surface area contributed by atoms with Crippen molar-refractivity contribution in [2.45, 2.75) is 13.3 Å². The van der Waals surface area contributed by atoms with Crippen molar-refractivity contribution in [3.63, 3.8) is 0 Å². The highest BCUT2D eigenvalue weighted by Crippen LogP contribution is 2.26. The summed E-state index contributed by atoms with van der Waals surface area (Å²) in [6, 6.07) is 11.8. The Labute approximate surface area is 112 Å². The molecule has 100 valence electrons. The lowest BCUT2D eigenvalue weighted by molar-refractivity contribution is 0.318. The Morgan fingerprint density at radius 1 is 1.21 bits per heavy atom. The summed E-state index contributed by atoms with van der Waals surface area (Å²) in [5.74, 6) is 0.377. The second kappa shape index (κ2) is 6.09. The van der Waals surface area contributed by atoms with E-state index in [1.54, 1.807) is 36.4 Å². The standard InChI is InChI=1S/C15H17FN2O/c1-2-7-19-13-9-11(17)8-12(10-13)18-15-6-4-3-5-14(15)16/h3-6,8-10,18H,2,7,17H2,1H3. The zero-order valence-corrected chi connectivity index (χ0v) is 10.8. The van der Waals surface area contributed by atoms with Crippen molar-refractivity contribution in [2.24, 2.45) is 0 Å². The van der Waals surface area contributed by atoms with E-state index in [1.807, 2.05) is 6.92 Å². The summed E-state index contributed by atoms with van der Waals surface area (Å²) < 4.78 is 19.1. The molecule has 2 rings (SSSR count). The molecule has 2 aromatic rings. The number of nitrogens with one attached hydrogen (secondary N) is 1. The van der Waals surface area contributed by atoms with Crippen LogP contribution in [0.4, 0.5) is 21.5 Å². The van der Waals surface area contributed by atoms with Crippen molar-refractivity contribution in [2.75, 3.05) is 17.7 Å². The fourth-order valence-electron chi connectivity index (χ4n) is 1.72. The Morgan fingerprint density at radius 2 is 2.00 bits per heavy atom. The zero-order valence-electron chi connectivity index (χ0n) is 10.8. The molecular weight excluding hydrogens is 243 g/mol. The summed E-state index contributed by atoms with van der Waals surface area (Å²) in [7, 11) is 0. The van der Waals surface area contributed by atoms with Crippen LogP contribution in [0.2, 0.25) is 0 Å². The maximum atomic E-state index is 13.6. The van der Waals surface area contributed by atoms with Gasteiger partial charge in [-0.2, -0.15) is 0 Å². The first-order valence-electron chi connectivity index (χ1n) is 6.24. The van der Waals surface area contributed by atoms with Gasteiger partial charge in [0.15, 0.2) is 0 Å². The summed E-state index contributed by atoms with van der Waals surface area (Å²) in [6.07, 6.45) is 0.922. The number of halogens is 1. The van der Waals surface area contributed by atoms with Crippen LogP contribution in [0.3, 0.4) is 0 Å². The van der Waals surface area contributed by atoms with Gasteiger partial charge in [-0.15, -0.1) is 0 Å². The number of benzene rings is 2. The van der Waals surface area contributed by atoms with Gasteiger partial charge in [0, 0.05) is 23.5 Å². The van der Waals surface area contributed by atoms with Gasteiger partial charge in [0.2, 0.25) is 0 Å². The van der Waals surface area contributed by atoms with Gasteiger partial charge in [0.1, 0.15) is 11.6 Å². The van der Waals surface area contributed by atoms with Crippen LogP contribution in [0.15, 0.2) is 42.5 Å². The molecule has 0 aliphatic heterocycles. The molecule has 3 nitrogen and oxygen atoms in total. The molecule has 0 unspecified atom stereocenters. The number of para-hydroxylation sites is 1. The first kappa shape index (κ1) is 13.2. The lowest BCUT2D eigenvalue weighted by Gasteiger charge is -2.11. The van der Waals surface area contributed by atoms with E-state index in [-0.39, 0.29) is 5.82 Å². The van der Waals surface area contributed by atoms with E-state index in [0.29, 0.717) is 29.4 Å². The molecule has 0 aliphatic carbocycles. The van der Waals surface area contributed by atoms with Crippen molar-refractivity contribution in [1.29, 1.82) is 0 Å². The van der Waals surface area contributed by atoms with Gasteiger partial charge in [-0.05, 0) is 24.6 Å². The number of ether oxygens (including phenoxy) is 1. The summed E-state index contributed by atoms with van der Waals surface area (Å²) in [5.41, 5.74) is 7.50. The predicted octanol–water partition coefficient (Wildman–Crippen LogP) is 3.94. The van der Waals surface area contributed by atoms with E-state index in [4.69, 9.17) is 10.5 Å². The summed E-state index contributed by atoms with van der Waals surface area (Å²) in [6.45, 7) is 2.66. The zero-order chi connectivity index (χ0) is 13.7. The van der Waals surface area contributed by atoms with Gasteiger partial charge >= 0.3 is 0 Å². The summed E-state index contributed by atoms with van der Waals surface area (Å²) in [4.78, 5) is 0. The van der Waals surface area contributed by atoms with Crippen molar-refractivity contribution < 1.29 is 9.13 Å². The van der Waals surface area contributed by atoms with Gasteiger partial charge in [-0.3, -0.25) is 0 Å². The van der Waals surface area contributed by atoms with E-state index in [2.05, 4.69) is 5.32 Å². The van der Waals surface area contributed by atoms with Crippen LogP contribution in [0.1, 0.15) is 13.3 Å². The molecule has 0 saturated heterocycles. The molecule has 4 heteroatoms. The van der Waals surface area contributed by atoms with Crippen molar-refractivity contribution in [1.82, 2.24) is 0 Å². The van der Waals surface area contributed by atoms with Crippen LogP contribution in [-0.4, -0.2) is 6.61 Å². The van der Waals surface area contributed by atoms with Crippen molar-refractivity contribution >= 4 is 17.1 Å². The molecule has 0 saturated carbocycles. The summed E-state index contributed by atoms with van der Waals surface area (Å²) >= 11 is 0. The molecule has 19 heavy (non-hydrogen) atoms. The average molecular weight is 260 g/mol. The second-order valence-corrected chi connectivity index (χ2v) is 4.24. The van der Waals surface area contributed by atoms with Gasteiger partial charge in [-0.1, -0.05) is 19.1 Å². The number of rotatable bonds is 5. The van der Waals surface area contributed by atoms with E-state index in [9.17, 15) is 4.39 Å². The van der Waals surface area contributed by atoms with Gasteiger partial charge in [0.25, 0.3) is 0 Å². The molecule has 0 bridgehead atoms. The number of hydrogen-bond donors (Lipinski definition) is 2. The number of nitrogen functional groups attached to an aromatic ring is 1. The Kier molecular flexibility index (Phi) is 4.23. The third-order valence-electron chi connectivity index (χ3n) is 2.55. The Balaban J connectivity index is 2.20. The van der Waals surface area contributed by atoms with Gasteiger partial charge in [0.05, 0.1) is 12.3 Å². The van der Waals surface area contributed by atoms with Crippen LogP contribution < -0.4 is 15.8 Å². The topological polar surface area (TPSA) is 47.3 Å². The molecule has 3 N–H and O–H groups in total. The Bertz CT molecular complexity index is 558. The molecule has 0 heterocycles. The minimum absolute atomic E-state index is 0.305. The molecule has 0 radical (unpaired) electrons. The number of hydrogen-bond acceptors (Lipinski definition) is 3. The lowest BCUT2D eigenvalue weighted by atomic mass is 10.2. The van der Waals surface area contributed by atoms with Crippen LogP contribution in [0.25, 0.3) is 0 Å². The van der Waals surface area contributed by atoms with Gasteiger partial charge in [-0.25, -0.2) is 4.39 Å². The van der Waals surface area contributed by atoms with E-state index >= 15 is 0 Å². The van der Waals surface area contributed by atoms with Crippen molar-refractivity contribution in [3.05, 3.63) is 48.3 Å². The van der Waals surface area contributed by atoms with Crippen LogP contribution in [0, 0.1) is 5.82 Å². The molecular formula is C15H17FN2O. The van der Waals surface area contributed by atoms with Gasteiger partial charge < -0.3 is 15.8 Å². The number of anilines is 3. The quantitative estimate of drug-likeness (QED) is 0.800. The second-order valence-electron chi connectivity index (χ2n) is 4.24. The monoisotopic (exact) mass is 260 g/mol. The highest BCUT2D eigenvalue weighted by atomic mass is 19.1. The first-order chi connectivity index (χ1) is 9.19. The molecule has 0 amide bonds. The normalized spacial score (nSPS) is 10.2. The Morgan fingerprint density at radius 3 is 2.74 bits per heavy atom. The van der Waals surface area contributed by atoms with Crippen molar-refractivity contribution in [3.8, 4) is 5.75 Å². The van der Waals surface area contributed by atoms with E-state index < -0.39 is 0 Å². The SMILES string of the molecule is CCCOc1cc(N)cc(Nc2ccccc2F)c1. The number of nitrogens with two attached hydrogens (primary N) is 1.